The van der Waals surface area contributed by atoms with Crippen LogP contribution < -0.4 is 10.5 Å². The Morgan fingerprint density at radius 3 is 2.24 bits per heavy atom. The highest BCUT2D eigenvalue weighted by molar-refractivity contribution is 5.28. The first-order valence-electron chi connectivity index (χ1n) is 8.17. The van der Waals surface area contributed by atoms with E-state index in [2.05, 4.69) is 37.6 Å². The van der Waals surface area contributed by atoms with Gasteiger partial charge in [0.25, 0.3) is 0 Å². The third kappa shape index (κ3) is 3.74. The van der Waals surface area contributed by atoms with Crippen LogP contribution in [0.3, 0.4) is 0 Å². The zero-order valence-electron chi connectivity index (χ0n) is 14.2. The lowest BCUT2D eigenvalue weighted by molar-refractivity contribution is 0.0623. The molecule has 0 aliphatic heterocycles. The highest BCUT2D eigenvalue weighted by Crippen LogP contribution is 2.36. The number of nitrogens with zero attached hydrogens (tertiary/aromatic N) is 2. The summed E-state index contributed by atoms with van der Waals surface area (Å²) in [4.78, 5) is 6.77. The molecule has 21 heavy (non-hydrogen) atoms. The van der Waals surface area contributed by atoms with E-state index < -0.39 is 0 Å². The first-order chi connectivity index (χ1) is 10.1. The minimum atomic E-state index is -0.0692. The molecule has 4 heteroatoms. The smallest absolute Gasteiger partial charge is 0.137 e. The van der Waals surface area contributed by atoms with Crippen LogP contribution in [0, 0.1) is 0 Å². The van der Waals surface area contributed by atoms with Crippen molar-refractivity contribution in [2.24, 2.45) is 5.73 Å². The summed E-state index contributed by atoms with van der Waals surface area (Å²) in [6.45, 7) is 13.5. The molecule has 0 bridgehead atoms. The highest BCUT2D eigenvalue weighted by Gasteiger charge is 2.38. The second-order valence-electron chi connectivity index (χ2n) is 5.35. The molecule has 1 heterocycles. The molecule has 0 saturated carbocycles. The molecule has 1 aromatic rings. The number of pyridine rings is 1. The third-order valence-corrected chi connectivity index (χ3v) is 4.60. The second kappa shape index (κ2) is 8.35. The molecule has 0 saturated heterocycles. The van der Waals surface area contributed by atoms with E-state index in [4.69, 9.17) is 10.5 Å². The van der Waals surface area contributed by atoms with Crippen molar-refractivity contribution in [1.29, 1.82) is 0 Å². The number of hydrogen-bond donors (Lipinski definition) is 1. The molecule has 0 aliphatic rings. The molecule has 1 atom stereocenters. The molecule has 2 N–H and O–H groups in total. The Morgan fingerprint density at radius 1 is 1.14 bits per heavy atom. The van der Waals surface area contributed by atoms with Crippen molar-refractivity contribution in [2.75, 3.05) is 19.7 Å². The van der Waals surface area contributed by atoms with E-state index >= 15 is 0 Å². The van der Waals surface area contributed by atoms with Gasteiger partial charge in [0.05, 0.1) is 12.8 Å². The van der Waals surface area contributed by atoms with Crippen molar-refractivity contribution in [3.63, 3.8) is 0 Å². The van der Waals surface area contributed by atoms with Gasteiger partial charge in [0, 0.05) is 17.8 Å². The van der Waals surface area contributed by atoms with Crippen LogP contribution in [-0.4, -0.2) is 35.1 Å². The van der Waals surface area contributed by atoms with Crippen LogP contribution in [-0.2, 0) is 0 Å². The molecule has 1 unspecified atom stereocenters. The Labute approximate surface area is 129 Å². The SMILES string of the molecule is CCOc1cncc(C(N)C(CC)(CC)N(CC)CC)c1. The fraction of sp³-hybridized carbons (Fsp3) is 0.706. The molecule has 4 nitrogen and oxygen atoms in total. The number of hydrogen-bond acceptors (Lipinski definition) is 4. The van der Waals surface area contributed by atoms with Gasteiger partial charge in [0.15, 0.2) is 0 Å². The van der Waals surface area contributed by atoms with Crippen LogP contribution >= 0.6 is 0 Å². The molecule has 1 aromatic heterocycles. The zero-order chi connectivity index (χ0) is 15.9. The van der Waals surface area contributed by atoms with Gasteiger partial charge < -0.3 is 10.5 Å². The predicted molar refractivity (Wildman–Crippen MR) is 88.6 cm³/mol. The fourth-order valence-corrected chi connectivity index (χ4v) is 3.35. The van der Waals surface area contributed by atoms with E-state index in [0.29, 0.717) is 6.61 Å². The lowest BCUT2D eigenvalue weighted by Gasteiger charge is -2.46. The van der Waals surface area contributed by atoms with Crippen molar-refractivity contribution < 1.29 is 4.74 Å². The first kappa shape index (κ1) is 17.9. The van der Waals surface area contributed by atoms with Gasteiger partial charge in [-0.25, -0.2) is 0 Å². The Balaban J connectivity index is 3.16. The Morgan fingerprint density at radius 2 is 1.76 bits per heavy atom. The van der Waals surface area contributed by atoms with E-state index in [9.17, 15) is 0 Å². The van der Waals surface area contributed by atoms with Gasteiger partial charge in [-0.2, -0.15) is 0 Å². The normalized spacial score (nSPS) is 13.5. The molecule has 0 aliphatic carbocycles. The zero-order valence-corrected chi connectivity index (χ0v) is 14.2. The second-order valence-corrected chi connectivity index (χ2v) is 5.35. The van der Waals surface area contributed by atoms with Crippen molar-refractivity contribution in [2.45, 2.75) is 59.0 Å². The van der Waals surface area contributed by atoms with Crippen LogP contribution in [0.15, 0.2) is 18.5 Å². The summed E-state index contributed by atoms with van der Waals surface area (Å²) in [5.74, 6) is 0.797. The molecule has 1 rings (SSSR count). The van der Waals surface area contributed by atoms with Crippen molar-refractivity contribution in [1.82, 2.24) is 9.88 Å². The third-order valence-electron chi connectivity index (χ3n) is 4.60. The predicted octanol–water partition coefficient (Wildman–Crippen LogP) is 3.38. The van der Waals surface area contributed by atoms with Gasteiger partial charge >= 0.3 is 0 Å². The fourth-order valence-electron chi connectivity index (χ4n) is 3.35. The van der Waals surface area contributed by atoms with Crippen molar-refractivity contribution in [3.8, 4) is 5.75 Å². The van der Waals surface area contributed by atoms with Crippen LogP contribution in [0.2, 0.25) is 0 Å². The monoisotopic (exact) mass is 293 g/mol. The average molecular weight is 293 g/mol. The van der Waals surface area contributed by atoms with Crippen molar-refractivity contribution >= 4 is 0 Å². The molecule has 0 aromatic carbocycles. The van der Waals surface area contributed by atoms with Crippen LogP contribution in [0.1, 0.15) is 59.1 Å². The van der Waals surface area contributed by atoms with Crippen LogP contribution in [0.25, 0.3) is 0 Å². The molecular weight excluding hydrogens is 262 g/mol. The Bertz CT molecular complexity index is 414. The quantitative estimate of drug-likeness (QED) is 0.758. The summed E-state index contributed by atoms with van der Waals surface area (Å²) < 4.78 is 5.56. The van der Waals surface area contributed by atoms with E-state index in [1.807, 2.05) is 19.2 Å². The topological polar surface area (TPSA) is 51.4 Å². The van der Waals surface area contributed by atoms with Gasteiger partial charge in [-0.1, -0.05) is 27.7 Å². The summed E-state index contributed by atoms with van der Waals surface area (Å²) in [5, 5.41) is 0. The maximum absolute atomic E-state index is 6.68. The van der Waals surface area contributed by atoms with Gasteiger partial charge in [-0.05, 0) is 44.5 Å². The van der Waals surface area contributed by atoms with E-state index in [1.54, 1.807) is 6.20 Å². The van der Waals surface area contributed by atoms with E-state index in [0.717, 1.165) is 37.2 Å². The van der Waals surface area contributed by atoms with Gasteiger partial charge in [-0.15, -0.1) is 0 Å². The number of rotatable bonds is 9. The standard InChI is InChI=1S/C17H31N3O/c1-6-17(7-2,20(8-3)9-4)16(18)14-11-15(21-10-5)13-19-12-14/h11-13,16H,6-10,18H2,1-5H3. The molecule has 0 radical (unpaired) electrons. The first-order valence-corrected chi connectivity index (χ1v) is 8.17. The van der Waals surface area contributed by atoms with Crippen LogP contribution in [0.4, 0.5) is 0 Å². The molecule has 0 fully saturated rings. The molecular formula is C17H31N3O. The summed E-state index contributed by atoms with van der Waals surface area (Å²) in [6, 6.07) is 1.96. The summed E-state index contributed by atoms with van der Waals surface area (Å²) >= 11 is 0. The molecule has 0 spiro atoms. The van der Waals surface area contributed by atoms with Gasteiger partial charge in [0.2, 0.25) is 0 Å². The van der Waals surface area contributed by atoms with E-state index in [-0.39, 0.29) is 11.6 Å². The summed E-state index contributed by atoms with van der Waals surface area (Å²) in [5.41, 5.74) is 7.70. The average Bonchev–Trinajstić information content (AvgIpc) is 2.52. The lowest BCUT2D eigenvalue weighted by atomic mass is 9.80. The van der Waals surface area contributed by atoms with Gasteiger partial charge in [0.1, 0.15) is 5.75 Å². The summed E-state index contributed by atoms with van der Waals surface area (Å²) in [7, 11) is 0. The minimum absolute atomic E-state index is 0.0317. The summed E-state index contributed by atoms with van der Waals surface area (Å²) in [6.07, 6.45) is 5.66. The van der Waals surface area contributed by atoms with Crippen molar-refractivity contribution in [3.05, 3.63) is 24.0 Å². The Kier molecular flexibility index (Phi) is 7.12. The number of ether oxygens (including phenoxy) is 1. The molecule has 120 valence electrons. The maximum atomic E-state index is 6.68. The Hall–Kier alpha value is -1.13. The lowest BCUT2D eigenvalue weighted by Crippen LogP contribution is -2.54. The maximum Gasteiger partial charge on any atom is 0.137 e. The minimum Gasteiger partial charge on any atom is -0.492 e. The molecule has 0 amide bonds. The largest absolute Gasteiger partial charge is 0.492 e. The number of nitrogens with two attached hydrogens (primary N) is 1. The highest BCUT2D eigenvalue weighted by atomic mass is 16.5. The number of likely N-dealkylation sites (N-methyl/N-ethyl adjacent to an activating group) is 1. The number of aromatic nitrogens is 1. The van der Waals surface area contributed by atoms with Gasteiger partial charge in [-0.3, -0.25) is 9.88 Å². The van der Waals surface area contributed by atoms with Crippen LogP contribution in [0.5, 0.6) is 5.75 Å². The van der Waals surface area contributed by atoms with E-state index in [1.165, 1.54) is 0 Å².